The average molecular weight is 427 g/mol. The van der Waals surface area contributed by atoms with Gasteiger partial charge in [0, 0.05) is 18.7 Å². The summed E-state index contributed by atoms with van der Waals surface area (Å²) < 4.78 is 13.3. The predicted octanol–water partition coefficient (Wildman–Crippen LogP) is 5.48. The van der Waals surface area contributed by atoms with Crippen LogP contribution in [0.15, 0.2) is 41.6 Å². The van der Waals surface area contributed by atoms with Gasteiger partial charge in [0.1, 0.15) is 5.75 Å². The van der Waals surface area contributed by atoms with Crippen LogP contribution < -0.4 is 4.74 Å². The molecular weight excluding hydrogens is 396 g/mol. The molecule has 0 atom stereocenters. The minimum absolute atomic E-state index is 0.145. The summed E-state index contributed by atoms with van der Waals surface area (Å²) in [6, 6.07) is 12.4. The van der Waals surface area contributed by atoms with Crippen LogP contribution in [0.25, 0.3) is 11.0 Å². The molecule has 3 rings (SSSR count). The van der Waals surface area contributed by atoms with Crippen LogP contribution in [-0.2, 0) is 16.1 Å². The SMILES string of the molecule is CCOC(=O)CCCn1c(SCCOc2c(C)ccc(C)c2C)nc2ccccc21. The maximum atomic E-state index is 11.7. The molecule has 3 aromatic rings. The molecule has 0 unspecified atom stereocenters. The molecule has 0 aliphatic carbocycles. The van der Waals surface area contributed by atoms with Gasteiger partial charge in [0.15, 0.2) is 5.16 Å². The van der Waals surface area contributed by atoms with Crippen LogP contribution in [0.1, 0.15) is 36.5 Å². The molecular formula is C24H30N2O3S. The first kappa shape index (κ1) is 22.2. The minimum atomic E-state index is -0.145. The second-order valence-electron chi connectivity index (χ2n) is 7.29. The van der Waals surface area contributed by atoms with E-state index in [9.17, 15) is 4.79 Å². The highest BCUT2D eigenvalue weighted by atomic mass is 32.2. The van der Waals surface area contributed by atoms with E-state index in [1.54, 1.807) is 11.8 Å². The van der Waals surface area contributed by atoms with Crippen molar-refractivity contribution in [2.24, 2.45) is 0 Å². The Bertz CT molecular complexity index is 1010. The molecule has 6 heteroatoms. The number of hydrogen-bond donors (Lipinski definition) is 0. The van der Waals surface area contributed by atoms with Crippen LogP contribution in [0.5, 0.6) is 5.75 Å². The lowest BCUT2D eigenvalue weighted by atomic mass is 10.1. The van der Waals surface area contributed by atoms with E-state index in [1.165, 1.54) is 11.1 Å². The molecule has 1 heterocycles. The number of rotatable bonds is 10. The van der Waals surface area contributed by atoms with E-state index in [2.05, 4.69) is 43.5 Å². The Hall–Kier alpha value is -2.47. The van der Waals surface area contributed by atoms with E-state index < -0.39 is 0 Å². The zero-order valence-electron chi connectivity index (χ0n) is 18.2. The lowest BCUT2D eigenvalue weighted by Crippen LogP contribution is -2.08. The molecule has 160 valence electrons. The molecule has 0 saturated carbocycles. The molecule has 5 nitrogen and oxygen atoms in total. The number of carbonyl (C=O) groups is 1. The van der Waals surface area contributed by atoms with Gasteiger partial charge in [0.05, 0.1) is 24.2 Å². The Morgan fingerprint density at radius 1 is 1.10 bits per heavy atom. The second-order valence-corrected chi connectivity index (χ2v) is 8.36. The van der Waals surface area contributed by atoms with Crippen LogP contribution in [0, 0.1) is 20.8 Å². The Balaban J connectivity index is 1.64. The van der Waals surface area contributed by atoms with Gasteiger partial charge in [0.2, 0.25) is 0 Å². The quantitative estimate of drug-likeness (QED) is 0.244. The van der Waals surface area contributed by atoms with Crippen molar-refractivity contribution in [3.8, 4) is 5.75 Å². The molecule has 2 aromatic carbocycles. The topological polar surface area (TPSA) is 53.4 Å². The van der Waals surface area contributed by atoms with Crippen LogP contribution in [0.4, 0.5) is 0 Å². The number of imidazole rings is 1. The zero-order chi connectivity index (χ0) is 21.5. The number of aryl methyl sites for hydroxylation is 3. The molecule has 0 aliphatic heterocycles. The van der Waals surface area contributed by atoms with Crippen LogP contribution in [0.2, 0.25) is 0 Å². The van der Waals surface area contributed by atoms with Gasteiger partial charge in [-0.25, -0.2) is 4.98 Å². The van der Waals surface area contributed by atoms with E-state index in [4.69, 9.17) is 14.5 Å². The van der Waals surface area contributed by atoms with Crippen molar-refractivity contribution in [1.82, 2.24) is 9.55 Å². The average Bonchev–Trinajstić information content (AvgIpc) is 3.08. The number of hydrogen-bond acceptors (Lipinski definition) is 5. The Labute approximate surface area is 182 Å². The number of nitrogens with zero attached hydrogens (tertiary/aromatic N) is 2. The zero-order valence-corrected chi connectivity index (χ0v) is 19.1. The first-order valence-corrected chi connectivity index (χ1v) is 11.4. The highest BCUT2D eigenvalue weighted by Crippen LogP contribution is 2.27. The first-order chi connectivity index (χ1) is 14.5. The summed E-state index contributed by atoms with van der Waals surface area (Å²) in [5, 5.41) is 0.960. The Morgan fingerprint density at radius 2 is 1.87 bits per heavy atom. The van der Waals surface area contributed by atoms with Gasteiger partial charge in [-0.15, -0.1) is 0 Å². The van der Waals surface area contributed by atoms with E-state index in [1.807, 2.05) is 25.1 Å². The molecule has 0 N–H and O–H groups in total. The summed E-state index contributed by atoms with van der Waals surface area (Å²) in [4.78, 5) is 16.5. The first-order valence-electron chi connectivity index (χ1n) is 10.4. The molecule has 0 fully saturated rings. The normalized spacial score (nSPS) is 11.1. The van der Waals surface area contributed by atoms with Crippen LogP contribution in [-0.4, -0.2) is 34.5 Å². The predicted molar refractivity (Wildman–Crippen MR) is 122 cm³/mol. The number of thioether (sulfide) groups is 1. The van der Waals surface area contributed by atoms with E-state index in [-0.39, 0.29) is 5.97 Å². The largest absolute Gasteiger partial charge is 0.492 e. The number of benzene rings is 2. The third-order valence-corrected chi connectivity index (χ3v) is 6.06. The lowest BCUT2D eigenvalue weighted by molar-refractivity contribution is -0.143. The molecule has 0 amide bonds. The number of para-hydroxylation sites is 2. The smallest absolute Gasteiger partial charge is 0.305 e. The summed E-state index contributed by atoms with van der Waals surface area (Å²) in [6.45, 7) is 9.90. The molecule has 0 bridgehead atoms. The van der Waals surface area contributed by atoms with Crippen molar-refractivity contribution in [3.05, 3.63) is 53.1 Å². The molecule has 0 spiro atoms. The van der Waals surface area contributed by atoms with Gasteiger partial charge >= 0.3 is 5.97 Å². The van der Waals surface area contributed by atoms with Gasteiger partial charge in [-0.1, -0.05) is 36.0 Å². The minimum Gasteiger partial charge on any atom is -0.492 e. The van der Waals surface area contributed by atoms with Crippen molar-refractivity contribution in [3.63, 3.8) is 0 Å². The van der Waals surface area contributed by atoms with Gasteiger partial charge in [-0.05, 0) is 62.9 Å². The van der Waals surface area contributed by atoms with E-state index in [0.717, 1.165) is 46.2 Å². The molecule has 30 heavy (non-hydrogen) atoms. The fraction of sp³-hybridized carbons (Fsp3) is 0.417. The second kappa shape index (κ2) is 10.5. The van der Waals surface area contributed by atoms with Gasteiger partial charge < -0.3 is 14.0 Å². The van der Waals surface area contributed by atoms with Crippen molar-refractivity contribution < 1.29 is 14.3 Å². The number of ether oxygens (including phenoxy) is 2. The fourth-order valence-corrected chi connectivity index (χ4v) is 4.28. The highest BCUT2D eigenvalue weighted by molar-refractivity contribution is 7.99. The van der Waals surface area contributed by atoms with Crippen LogP contribution in [0.3, 0.4) is 0 Å². The van der Waals surface area contributed by atoms with Gasteiger partial charge in [-0.2, -0.15) is 0 Å². The third-order valence-electron chi connectivity index (χ3n) is 5.12. The monoisotopic (exact) mass is 426 g/mol. The van der Waals surface area contributed by atoms with Crippen molar-refractivity contribution in [2.45, 2.75) is 52.2 Å². The molecule has 0 radical (unpaired) electrons. The summed E-state index contributed by atoms with van der Waals surface area (Å²) in [6.07, 6.45) is 1.14. The molecule has 0 aliphatic rings. The molecule has 0 saturated heterocycles. The fourth-order valence-electron chi connectivity index (χ4n) is 3.42. The van der Waals surface area contributed by atoms with Gasteiger partial charge in [0.25, 0.3) is 0 Å². The Morgan fingerprint density at radius 3 is 2.67 bits per heavy atom. The summed E-state index contributed by atoms with van der Waals surface area (Å²) in [5.74, 6) is 1.64. The number of aromatic nitrogens is 2. The summed E-state index contributed by atoms with van der Waals surface area (Å²) in [7, 11) is 0. The number of fused-ring (bicyclic) bond motifs is 1. The highest BCUT2D eigenvalue weighted by Gasteiger charge is 2.12. The van der Waals surface area contributed by atoms with Gasteiger partial charge in [-0.3, -0.25) is 4.79 Å². The maximum Gasteiger partial charge on any atom is 0.305 e. The standard InChI is InChI=1S/C24H30N2O3S/c1-5-28-22(27)11-8-14-26-21-10-7-6-9-20(21)25-24(26)30-16-15-29-23-18(3)13-12-17(2)19(23)4/h6-7,9-10,12-13H,5,8,11,14-16H2,1-4H3. The van der Waals surface area contributed by atoms with Crippen molar-refractivity contribution >= 4 is 28.8 Å². The third kappa shape index (κ3) is 5.36. The van der Waals surface area contributed by atoms with Crippen molar-refractivity contribution in [1.29, 1.82) is 0 Å². The van der Waals surface area contributed by atoms with Crippen LogP contribution >= 0.6 is 11.8 Å². The maximum absolute atomic E-state index is 11.7. The Kier molecular flexibility index (Phi) is 7.80. The summed E-state index contributed by atoms with van der Waals surface area (Å²) in [5.41, 5.74) is 5.67. The van der Waals surface area contributed by atoms with Crippen molar-refractivity contribution in [2.75, 3.05) is 19.0 Å². The lowest BCUT2D eigenvalue weighted by Gasteiger charge is -2.14. The summed E-state index contributed by atoms with van der Waals surface area (Å²) >= 11 is 1.69. The number of esters is 1. The van der Waals surface area contributed by atoms with E-state index >= 15 is 0 Å². The molecule has 1 aromatic heterocycles. The van der Waals surface area contributed by atoms with E-state index in [0.29, 0.717) is 19.6 Å². The number of carbonyl (C=O) groups excluding carboxylic acids is 1.